The van der Waals surface area contributed by atoms with Gasteiger partial charge in [-0.15, -0.1) is 0 Å². The maximum absolute atomic E-state index is 13.3. The molecule has 0 spiro atoms. The van der Waals surface area contributed by atoms with E-state index in [1.165, 1.54) is 0 Å². The molecule has 3 heterocycles. The number of para-hydroxylation sites is 1. The van der Waals surface area contributed by atoms with Crippen LogP contribution in [-0.4, -0.2) is 22.0 Å². The number of likely N-dealkylation sites (tertiary alicyclic amines) is 1. The van der Waals surface area contributed by atoms with Crippen LogP contribution < -0.4 is 10.9 Å². The van der Waals surface area contributed by atoms with Gasteiger partial charge < -0.3 is 14.4 Å². The number of benzene rings is 2. The van der Waals surface area contributed by atoms with E-state index in [1.54, 1.807) is 18.4 Å². The van der Waals surface area contributed by atoms with Crippen LogP contribution in [0, 0.1) is 5.92 Å². The van der Waals surface area contributed by atoms with Gasteiger partial charge in [-0.05, 0) is 35.9 Å². The van der Waals surface area contributed by atoms with Crippen molar-refractivity contribution in [1.82, 2.24) is 15.8 Å². The minimum Gasteiger partial charge on any atom is -0.508 e. The van der Waals surface area contributed by atoms with Gasteiger partial charge in [0.15, 0.2) is 0 Å². The van der Waals surface area contributed by atoms with Crippen molar-refractivity contribution in [2.75, 3.05) is 0 Å². The molecule has 4 atom stereocenters. The van der Waals surface area contributed by atoms with Crippen molar-refractivity contribution in [2.45, 2.75) is 24.7 Å². The average molecular weight is 454 g/mol. The highest BCUT2D eigenvalue weighted by atomic mass is 79.9. The first-order chi connectivity index (χ1) is 14.1. The van der Waals surface area contributed by atoms with Gasteiger partial charge in [0.05, 0.1) is 24.9 Å². The number of amides is 1. The molecule has 1 aromatic heterocycles. The van der Waals surface area contributed by atoms with E-state index < -0.39 is 0 Å². The summed E-state index contributed by atoms with van der Waals surface area (Å²) in [4.78, 5) is 15.2. The third-order valence-corrected chi connectivity index (χ3v) is 6.33. The summed E-state index contributed by atoms with van der Waals surface area (Å²) in [7, 11) is 0. The Morgan fingerprint density at radius 1 is 1.00 bits per heavy atom. The molecule has 5 rings (SSSR count). The van der Waals surface area contributed by atoms with Crippen molar-refractivity contribution < 1.29 is 14.3 Å². The quantitative estimate of drug-likeness (QED) is 0.561. The predicted molar refractivity (Wildman–Crippen MR) is 111 cm³/mol. The number of hydrogen-bond acceptors (Lipinski definition) is 5. The molecule has 7 heteroatoms. The molecule has 0 saturated carbocycles. The molecule has 0 bridgehead atoms. The molecule has 6 nitrogen and oxygen atoms in total. The maximum atomic E-state index is 13.3. The number of hydrogen-bond donors (Lipinski definition) is 3. The maximum Gasteiger partial charge on any atom is 0.242 e. The van der Waals surface area contributed by atoms with Crippen LogP contribution in [0.25, 0.3) is 0 Å². The molecule has 2 aliphatic rings. The Morgan fingerprint density at radius 2 is 1.76 bits per heavy atom. The van der Waals surface area contributed by atoms with E-state index in [4.69, 9.17) is 4.42 Å². The summed E-state index contributed by atoms with van der Waals surface area (Å²) in [6, 6.07) is 18.3. The summed E-state index contributed by atoms with van der Waals surface area (Å²) in [6.45, 7) is 0.398. The lowest BCUT2D eigenvalue weighted by molar-refractivity contribution is -0.131. The van der Waals surface area contributed by atoms with E-state index in [1.807, 2.05) is 53.4 Å². The first kappa shape index (κ1) is 18.4. The van der Waals surface area contributed by atoms with E-state index in [0.29, 0.717) is 6.54 Å². The van der Waals surface area contributed by atoms with Crippen LogP contribution >= 0.6 is 15.9 Å². The lowest BCUT2D eigenvalue weighted by atomic mass is 9.83. The van der Waals surface area contributed by atoms with Gasteiger partial charge in [-0.2, -0.15) is 0 Å². The number of carbonyl (C=O) groups excluding carboxylic acids is 1. The zero-order chi connectivity index (χ0) is 20.0. The van der Waals surface area contributed by atoms with Crippen molar-refractivity contribution in [3.05, 3.63) is 88.3 Å². The van der Waals surface area contributed by atoms with E-state index in [0.717, 1.165) is 21.4 Å². The number of phenols is 1. The molecule has 2 aliphatic heterocycles. The zero-order valence-electron chi connectivity index (χ0n) is 15.5. The normalized spacial score (nSPS) is 26.1. The Morgan fingerprint density at radius 3 is 2.48 bits per heavy atom. The standard InChI is InChI=1S/C22H20BrN3O3/c23-14-9-7-13(8-10-14)21-18-19(16-5-1-2-6-17(16)27)24-25-20(18)22(28)26(21)12-15-4-3-11-29-15/h1-11,18-21,24-25,27H,12H2. The van der Waals surface area contributed by atoms with Gasteiger partial charge in [0.1, 0.15) is 17.6 Å². The van der Waals surface area contributed by atoms with Crippen LogP contribution in [-0.2, 0) is 11.3 Å². The predicted octanol–water partition coefficient (Wildman–Crippen LogP) is 3.67. The molecule has 148 valence electrons. The average Bonchev–Trinajstić information content (AvgIpc) is 3.44. The number of phenolic OH excluding ortho intramolecular Hbond substituents is 1. The third-order valence-electron chi connectivity index (χ3n) is 5.80. The lowest BCUT2D eigenvalue weighted by Gasteiger charge is -2.31. The highest BCUT2D eigenvalue weighted by Crippen LogP contribution is 2.49. The van der Waals surface area contributed by atoms with Crippen molar-refractivity contribution in [1.29, 1.82) is 0 Å². The van der Waals surface area contributed by atoms with Crippen LogP contribution in [0.3, 0.4) is 0 Å². The SMILES string of the molecule is O=C1C2NNC(c3ccccc3O)C2C(c2ccc(Br)cc2)N1Cc1ccco1. The number of furan rings is 1. The van der Waals surface area contributed by atoms with Crippen LogP contribution in [0.1, 0.15) is 29.0 Å². The third kappa shape index (κ3) is 3.15. The second-order valence-electron chi connectivity index (χ2n) is 7.42. The number of fused-ring (bicyclic) bond motifs is 1. The molecule has 2 fully saturated rings. The molecule has 0 aliphatic carbocycles. The molecule has 4 unspecified atom stereocenters. The fraction of sp³-hybridized carbons (Fsp3) is 0.227. The van der Waals surface area contributed by atoms with Gasteiger partial charge in [-0.25, -0.2) is 10.9 Å². The minimum absolute atomic E-state index is 0.0183. The van der Waals surface area contributed by atoms with E-state index >= 15 is 0 Å². The van der Waals surface area contributed by atoms with Gasteiger partial charge in [-0.3, -0.25) is 4.79 Å². The molecule has 3 aromatic rings. The topological polar surface area (TPSA) is 77.7 Å². The smallest absolute Gasteiger partial charge is 0.242 e. The highest BCUT2D eigenvalue weighted by molar-refractivity contribution is 9.10. The fourth-order valence-corrected chi connectivity index (χ4v) is 4.79. The summed E-state index contributed by atoms with van der Waals surface area (Å²) in [5, 5.41) is 10.4. The second kappa shape index (κ2) is 7.33. The number of hydrazine groups is 1. The van der Waals surface area contributed by atoms with Crippen molar-refractivity contribution in [3.8, 4) is 5.75 Å². The Hall–Kier alpha value is -2.61. The highest BCUT2D eigenvalue weighted by Gasteiger charge is 2.55. The number of halogens is 1. The summed E-state index contributed by atoms with van der Waals surface area (Å²) >= 11 is 3.49. The molecule has 3 N–H and O–H groups in total. The van der Waals surface area contributed by atoms with Crippen LogP contribution in [0.15, 0.2) is 75.8 Å². The van der Waals surface area contributed by atoms with Crippen molar-refractivity contribution >= 4 is 21.8 Å². The molecular weight excluding hydrogens is 434 g/mol. The Kier molecular flexibility index (Phi) is 4.66. The number of aromatic hydroxyl groups is 1. The summed E-state index contributed by atoms with van der Waals surface area (Å²) in [5.74, 6) is 0.892. The van der Waals surface area contributed by atoms with Crippen LogP contribution in [0.2, 0.25) is 0 Å². The Bertz CT molecular complexity index is 1020. The summed E-state index contributed by atoms with van der Waals surface area (Å²) in [5.41, 5.74) is 8.25. The Labute approximate surface area is 176 Å². The van der Waals surface area contributed by atoms with Crippen molar-refractivity contribution in [3.63, 3.8) is 0 Å². The first-order valence-corrected chi connectivity index (χ1v) is 10.3. The monoisotopic (exact) mass is 453 g/mol. The van der Waals surface area contributed by atoms with Crippen LogP contribution in [0.4, 0.5) is 0 Å². The first-order valence-electron chi connectivity index (χ1n) is 9.51. The summed E-state index contributed by atoms with van der Waals surface area (Å²) in [6.07, 6.45) is 1.62. The number of carbonyl (C=O) groups is 1. The molecule has 29 heavy (non-hydrogen) atoms. The van der Waals surface area contributed by atoms with Crippen LogP contribution in [0.5, 0.6) is 5.75 Å². The van der Waals surface area contributed by atoms with Crippen molar-refractivity contribution in [2.24, 2.45) is 5.92 Å². The second-order valence-corrected chi connectivity index (χ2v) is 8.34. The fourth-order valence-electron chi connectivity index (χ4n) is 4.52. The number of nitrogens with one attached hydrogen (secondary N) is 2. The van der Waals surface area contributed by atoms with E-state index in [2.05, 4.69) is 26.8 Å². The van der Waals surface area contributed by atoms with E-state index in [9.17, 15) is 9.90 Å². The Balaban J connectivity index is 1.58. The largest absolute Gasteiger partial charge is 0.508 e. The molecular formula is C22H20BrN3O3. The van der Waals surface area contributed by atoms with Gasteiger partial charge in [-0.1, -0.05) is 46.3 Å². The van der Waals surface area contributed by atoms with Gasteiger partial charge in [0.2, 0.25) is 5.91 Å². The van der Waals surface area contributed by atoms with Gasteiger partial charge in [0, 0.05) is 16.0 Å². The van der Waals surface area contributed by atoms with Gasteiger partial charge >= 0.3 is 0 Å². The van der Waals surface area contributed by atoms with Gasteiger partial charge in [0.25, 0.3) is 0 Å². The number of rotatable bonds is 4. The molecule has 1 amide bonds. The molecule has 2 saturated heterocycles. The molecule has 2 aromatic carbocycles. The molecule has 0 radical (unpaired) electrons. The lowest BCUT2D eigenvalue weighted by Crippen LogP contribution is -2.41. The zero-order valence-corrected chi connectivity index (χ0v) is 17.0. The number of nitrogens with zero attached hydrogens (tertiary/aromatic N) is 1. The van der Waals surface area contributed by atoms with E-state index in [-0.39, 0.29) is 35.7 Å². The summed E-state index contributed by atoms with van der Waals surface area (Å²) < 4.78 is 6.51. The minimum atomic E-state index is -0.386.